The van der Waals surface area contributed by atoms with Crippen molar-refractivity contribution < 1.29 is 13.2 Å². The predicted molar refractivity (Wildman–Crippen MR) is 96.3 cm³/mol. The first-order chi connectivity index (χ1) is 11.5. The van der Waals surface area contributed by atoms with E-state index in [-0.39, 0.29) is 17.0 Å². The maximum Gasteiger partial charge on any atom is 0.269 e. The number of amides is 1. The van der Waals surface area contributed by atoms with Gasteiger partial charge in [-0.25, -0.2) is 12.7 Å². The number of thioether (sulfide) groups is 2. The van der Waals surface area contributed by atoms with Gasteiger partial charge in [0.05, 0.1) is 5.56 Å². The maximum atomic E-state index is 12.4. The Hall–Kier alpha value is -1.10. The van der Waals surface area contributed by atoms with Crippen molar-refractivity contribution in [2.45, 2.75) is 26.9 Å². The molecule has 0 atom stereocenters. The quantitative estimate of drug-likeness (QED) is 0.660. The standard InChI is InChI=1S/C14H15N3O3S4/c1-2-8-21-13-15-16-14(23-13)22-9-7-17-12(18)10-5-3-4-6-11(10)24(17,19)20/h3-6H,2,7-9H2,1H3. The van der Waals surface area contributed by atoms with Gasteiger partial charge in [0, 0.05) is 18.1 Å². The lowest BCUT2D eigenvalue weighted by Crippen LogP contribution is -2.32. The van der Waals surface area contributed by atoms with Crippen LogP contribution >= 0.6 is 34.9 Å². The van der Waals surface area contributed by atoms with Gasteiger partial charge in [-0.1, -0.05) is 53.9 Å². The van der Waals surface area contributed by atoms with E-state index in [0.29, 0.717) is 5.75 Å². The molecule has 0 fully saturated rings. The Bertz CT molecular complexity index is 850. The second-order valence-corrected chi connectivity index (χ2v) is 10.4. The number of nitrogens with zero attached hydrogens (tertiary/aromatic N) is 3. The van der Waals surface area contributed by atoms with E-state index in [2.05, 4.69) is 17.1 Å². The molecular formula is C14H15N3O3S4. The highest BCUT2D eigenvalue weighted by Crippen LogP contribution is 2.32. The summed E-state index contributed by atoms with van der Waals surface area (Å²) in [7, 11) is -3.72. The fourth-order valence-electron chi connectivity index (χ4n) is 2.17. The van der Waals surface area contributed by atoms with Gasteiger partial charge in [-0.05, 0) is 18.6 Å². The van der Waals surface area contributed by atoms with Gasteiger partial charge in [-0.2, -0.15) is 0 Å². The van der Waals surface area contributed by atoms with Gasteiger partial charge in [0.1, 0.15) is 4.90 Å². The summed E-state index contributed by atoms with van der Waals surface area (Å²) in [5.41, 5.74) is 0.247. The summed E-state index contributed by atoms with van der Waals surface area (Å²) in [5, 5.41) is 8.18. The van der Waals surface area contributed by atoms with E-state index >= 15 is 0 Å². The molecule has 1 aliphatic rings. The minimum atomic E-state index is -3.72. The third-order valence-corrected chi connectivity index (χ3v) is 8.47. The van der Waals surface area contributed by atoms with Gasteiger partial charge in [-0.15, -0.1) is 10.2 Å². The molecule has 10 heteroatoms. The highest BCUT2D eigenvalue weighted by molar-refractivity contribution is 8.03. The summed E-state index contributed by atoms with van der Waals surface area (Å²) in [6.07, 6.45) is 1.07. The molecule has 0 bridgehead atoms. The van der Waals surface area contributed by atoms with Gasteiger partial charge in [0.15, 0.2) is 8.68 Å². The smallest absolute Gasteiger partial charge is 0.268 e. The molecule has 0 radical (unpaired) electrons. The number of benzene rings is 1. The predicted octanol–water partition coefficient (Wildman–Crippen LogP) is 2.98. The van der Waals surface area contributed by atoms with Crippen molar-refractivity contribution in [3.05, 3.63) is 29.8 Å². The number of aromatic nitrogens is 2. The summed E-state index contributed by atoms with van der Waals surface area (Å²) in [6, 6.07) is 6.31. The van der Waals surface area contributed by atoms with Crippen LogP contribution in [0.4, 0.5) is 0 Å². The van der Waals surface area contributed by atoms with E-state index in [1.165, 1.54) is 29.2 Å². The zero-order valence-electron chi connectivity index (χ0n) is 12.8. The van der Waals surface area contributed by atoms with E-state index in [9.17, 15) is 13.2 Å². The fraction of sp³-hybridized carbons (Fsp3) is 0.357. The number of rotatable bonds is 7. The third-order valence-electron chi connectivity index (χ3n) is 3.25. The Labute approximate surface area is 153 Å². The normalized spacial score (nSPS) is 15.7. The number of sulfonamides is 1. The molecule has 24 heavy (non-hydrogen) atoms. The monoisotopic (exact) mass is 401 g/mol. The molecule has 0 aliphatic carbocycles. The van der Waals surface area contributed by atoms with E-state index in [1.807, 2.05) is 0 Å². The Balaban J connectivity index is 1.62. The highest BCUT2D eigenvalue weighted by atomic mass is 32.2. The van der Waals surface area contributed by atoms with Crippen molar-refractivity contribution in [1.29, 1.82) is 0 Å². The SMILES string of the molecule is CCCSc1nnc(SCCN2C(=O)c3ccccc3S2(=O)=O)s1. The zero-order valence-corrected chi connectivity index (χ0v) is 16.1. The molecule has 2 aromatic rings. The van der Waals surface area contributed by atoms with Crippen LogP contribution in [0.3, 0.4) is 0 Å². The summed E-state index contributed by atoms with van der Waals surface area (Å²) in [4.78, 5) is 12.4. The molecular weight excluding hydrogens is 386 g/mol. The first-order valence-corrected chi connectivity index (χ1v) is 11.5. The number of fused-ring (bicyclic) bond motifs is 1. The Kier molecular flexibility index (Phi) is 5.48. The zero-order chi connectivity index (χ0) is 17.2. The Morgan fingerprint density at radius 1 is 1.12 bits per heavy atom. The summed E-state index contributed by atoms with van der Waals surface area (Å²) in [5.74, 6) is 0.993. The van der Waals surface area contributed by atoms with Crippen LogP contribution in [0.5, 0.6) is 0 Å². The summed E-state index contributed by atoms with van der Waals surface area (Å²) in [6.45, 7) is 2.23. The number of carbonyl (C=O) groups excluding carboxylic acids is 1. The van der Waals surface area contributed by atoms with Crippen LogP contribution < -0.4 is 0 Å². The molecule has 0 spiro atoms. The molecule has 1 aliphatic heterocycles. The van der Waals surface area contributed by atoms with Gasteiger partial charge in [0.2, 0.25) is 0 Å². The molecule has 0 unspecified atom stereocenters. The van der Waals surface area contributed by atoms with Gasteiger partial charge in [-0.3, -0.25) is 4.79 Å². The number of hydrogen-bond donors (Lipinski definition) is 0. The van der Waals surface area contributed by atoms with E-state index in [1.54, 1.807) is 30.0 Å². The van der Waals surface area contributed by atoms with Crippen LogP contribution in [0, 0.1) is 0 Å². The Morgan fingerprint density at radius 2 is 1.79 bits per heavy atom. The van der Waals surface area contributed by atoms with Crippen LogP contribution in [-0.2, 0) is 10.0 Å². The lowest BCUT2D eigenvalue weighted by molar-refractivity contribution is 0.0876. The molecule has 3 rings (SSSR count). The first kappa shape index (κ1) is 17.7. The lowest BCUT2D eigenvalue weighted by Gasteiger charge is -2.13. The topological polar surface area (TPSA) is 80.2 Å². The molecule has 6 nitrogen and oxygen atoms in total. The Morgan fingerprint density at radius 3 is 2.46 bits per heavy atom. The van der Waals surface area contributed by atoms with Crippen molar-refractivity contribution in [2.75, 3.05) is 18.1 Å². The second kappa shape index (κ2) is 7.42. The molecule has 1 amide bonds. The molecule has 1 aromatic heterocycles. The van der Waals surface area contributed by atoms with Crippen LogP contribution in [0.2, 0.25) is 0 Å². The minimum absolute atomic E-state index is 0.0918. The molecule has 0 saturated heterocycles. The van der Waals surface area contributed by atoms with Crippen molar-refractivity contribution in [2.24, 2.45) is 0 Å². The van der Waals surface area contributed by atoms with Crippen LogP contribution in [0.1, 0.15) is 23.7 Å². The van der Waals surface area contributed by atoms with Crippen LogP contribution in [0.25, 0.3) is 0 Å². The van der Waals surface area contributed by atoms with Crippen molar-refractivity contribution in [3.8, 4) is 0 Å². The van der Waals surface area contributed by atoms with Crippen molar-refractivity contribution in [3.63, 3.8) is 0 Å². The average Bonchev–Trinajstić information content (AvgIpc) is 3.10. The second-order valence-electron chi connectivity index (χ2n) is 4.91. The van der Waals surface area contributed by atoms with Crippen molar-refractivity contribution in [1.82, 2.24) is 14.5 Å². The van der Waals surface area contributed by atoms with Crippen LogP contribution in [-0.4, -0.2) is 46.9 Å². The highest BCUT2D eigenvalue weighted by Gasteiger charge is 2.40. The summed E-state index contributed by atoms with van der Waals surface area (Å²) < 4.78 is 27.5. The largest absolute Gasteiger partial charge is 0.269 e. The molecule has 128 valence electrons. The average molecular weight is 402 g/mol. The first-order valence-electron chi connectivity index (χ1n) is 7.29. The minimum Gasteiger partial charge on any atom is -0.268 e. The maximum absolute atomic E-state index is 12.4. The van der Waals surface area contributed by atoms with Gasteiger partial charge < -0.3 is 0 Å². The summed E-state index contributed by atoms with van der Waals surface area (Å²) >= 11 is 4.57. The fourth-order valence-corrected chi connectivity index (χ4v) is 6.80. The van der Waals surface area contributed by atoms with Crippen LogP contribution in [0.15, 0.2) is 37.8 Å². The van der Waals surface area contributed by atoms with E-state index in [4.69, 9.17) is 0 Å². The van der Waals surface area contributed by atoms with Gasteiger partial charge >= 0.3 is 0 Å². The lowest BCUT2D eigenvalue weighted by atomic mass is 10.2. The number of carbonyl (C=O) groups is 1. The third kappa shape index (κ3) is 3.46. The van der Waals surface area contributed by atoms with E-state index < -0.39 is 15.9 Å². The van der Waals surface area contributed by atoms with E-state index in [0.717, 1.165) is 25.2 Å². The molecule has 2 heterocycles. The molecule has 0 saturated carbocycles. The van der Waals surface area contributed by atoms with Gasteiger partial charge in [0.25, 0.3) is 15.9 Å². The molecule has 1 aromatic carbocycles. The molecule has 0 N–H and O–H groups in total. The van der Waals surface area contributed by atoms with Crippen molar-refractivity contribution >= 4 is 50.8 Å². The number of hydrogen-bond acceptors (Lipinski definition) is 8.